The van der Waals surface area contributed by atoms with Crippen molar-refractivity contribution in [3.63, 3.8) is 0 Å². The summed E-state index contributed by atoms with van der Waals surface area (Å²) in [5.74, 6) is -0.0388. The van der Waals surface area contributed by atoms with Crippen molar-refractivity contribution >= 4 is 28.0 Å². The van der Waals surface area contributed by atoms with Crippen molar-refractivity contribution in [2.24, 2.45) is 0 Å². The first-order chi connectivity index (χ1) is 9.58. The number of methoxy groups -OCH3 is 1. The van der Waals surface area contributed by atoms with Gasteiger partial charge in [-0.05, 0) is 46.1 Å². The van der Waals surface area contributed by atoms with Crippen LogP contribution in [0.2, 0.25) is 0 Å². The van der Waals surface area contributed by atoms with E-state index in [0.29, 0.717) is 23.7 Å². The topological polar surface area (TPSA) is 58.6 Å². The molecule has 0 aliphatic heterocycles. The highest BCUT2D eigenvalue weighted by atomic mass is 79.9. The summed E-state index contributed by atoms with van der Waals surface area (Å²) >= 11 is 3.41. The number of carboxylic acids is 1. The van der Waals surface area contributed by atoms with Crippen LogP contribution in [0.1, 0.15) is 31.7 Å². The largest absolute Gasteiger partial charge is 0.545 e. The van der Waals surface area contributed by atoms with E-state index in [4.69, 9.17) is 9.47 Å². The lowest BCUT2D eigenvalue weighted by atomic mass is 10.2. The summed E-state index contributed by atoms with van der Waals surface area (Å²) in [6.07, 6.45) is 5.66. The van der Waals surface area contributed by atoms with Gasteiger partial charge in [-0.1, -0.05) is 25.8 Å². The summed E-state index contributed by atoms with van der Waals surface area (Å²) in [5.41, 5.74) is 0.693. The standard InChI is InChI=1S/C15H19BrO4/c1-3-4-5-8-20-15-12(16)9-11(6-7-14(17)18)10-13(15)19-2/h6-7,9-10H,3-5,8H2,1-2H3,(H,17,18)/p-1/b7-6+. The summed E-state index contributed by atoms with van der Waals surface area (Å²) < 4.78 is 11.7. The van der Waals surface area contributed by atoms with Crippen LogP contribution in [0.25, 0.3) is 6.08 Å². The van der Waals surface area contributed by atoms with E-state index in [9.17, 15) is 9.90 Å². The highest BCUT2D eigenvalue weighted by Gasteiger charge is 2.10. The van der Waals surface area contributed by atoms with E-state index in [2.05, 4.69) is 22.9 Å². The Balaban J connectivity index is 2.87. The van der Waals surface area contributed by atoms with Crippen LogP contribution in [0.3, 0.4) is 0 Å². The molecule has 0 unspecified atom stereocenters. The Kier molecular flexibility index (Phi) is 7.15. The molecule has 0 saturated heterocycles. The summed E-state index contributed by atoms with van der Waals surface area (Å²) in [7, 11) is 1.55. The Morgan fingerprint density at radius 3 is 2.75 bits per heavy atom. The van der Waals surface area contributed by atoms with E-state index in [0.717, 1.165) is 29.8 Å². The predicted molar refractivity (Wildman–Crippen MR) is 79.8 cm³/mol. The van der Waals surface area contributed by atoms with Crippen LogP contribution in [-0.2, 0) is 4.79 Å². The second kappa shape index (κ2) is 8.64. The minimum atomic E-state index is -1.24. The maximum atomic E-state index is 10.4. The van der Waals surface area contributed by atoms with Crippen molar-refractivity contribution in [1.82, 2.24) is 0 Å². The fourth-order valence-corrected chi connectivity index (χ4v) is 2.24. The van der Waals surface area contributed by atoms with E-state index < -0.39 is 5.97 Å². The zero-order valence-electron chi connectivity index (χ0n) is 11.6. The quantitative estimate of drug-likeness (QED) is 0.538. The highest BCUT2D eigenvalue weighted by molar-refractivity contribution is 9.10. The molecule has 110 valence electrons. The van der Waals surface area contributed by atoms with E-state index in [1.807, 2.05) is 0 Å². The Morgan fingerprint density at radius 1 is 1.40 bits per heavy atom. The predicted octanol–water partition coefficient (Wildman–Crippen LogP) is 2.79. The van der Waals surface area contributed by atoms with E-state index in [1.165, 1.54) is 6.08 Å². The molecular formula is C15H18BrO4-. The van der Waals surface area contributed by atoms with Crippen molar-refractivity contribution in [2.45, 2.75) is 26.2 Å². The number of hydrogen-bond donors (Lipinski definition) is 0. The first-order valence-electron chi connectivity index (χ1n) is 6.47. The highest BCUT2D eigenvalue weighted by Crippen LogP contribution is 2.37. The Bertz CT molecular complexity index is 483. The van der Waals surface area contributed by atoms with Gasteiger partial charge in [-0.25, -0.2) is 0 Å². The Hall–Kier alpha value is -1.49. The lowest BCUT2D eigenvalue weighted by Crippen LogP contribution is -2.18. The molecular weight excluding hydrogens is 324 g/mol. The first-order valence-corrected chi connectivity index (χ1v) is 7.27. The Morgan fingerprint density at radius 2 is 2.15 bits per heavy atom. The van der Waals surface area contributed by atoms with Gasteiger partial charge in [-0.15, -0.1) is 0 Å². The average molecular weight is 342 g/mol. The maximum absolute atomic E-state index is 10.4. The Labute approximate surface area is 127 Å². The molecule has 0 bridgehead atoms. The second-order valence-electron chi connectivity index (χ2n) is 4.24. The molecule has 0 amide bonds. The average Bonchev–Trinajstić information content (AvgIpc) is 2.42. The van der Waals surface area contributed by atoms with Crippen molar-refractivity contribution in [3.8, 4) is 11.5 Å². The molecule has 0 N–H and O–H groups in total. The summed E-state index contributed by atoms with van der Waals surface area (Å²) in [4.78, 5) is 10.4. The number of ether oxygens (including phenoxy) is 2. The molecule has 0 aliphatic rings. The number of carbonyl (C=O) groups excluding carboxylic acids is 1. The zero-order valence-corrected chi connectivity index (χ0v) is 13.2. The van der Waals surface area contributed by atoms with Crippen LogP contribution < -0.4 is 14.6 Å². The van der Waals surface area contributed by atoms with Gasteiger partial charge in [-0.3, -0.25) is 0 Å². The molecule has 0 aromatic heterocycles. The molecule has 1 aromatic rings. The lowest BCUT2D eigenvalue weighted by molar-refractivity contribution is -0.297. The van der Waals surface area contributed by atoms with Crippen LogP contribution >= 0.6 is 15.9 Å². The fourth-order valence-electron chi connectivity index (χ4n) is 1.67. The summed E-state index contributed by atoms with van der Waals surface area (Å²) in [5, 5.41) is 10.4. The third-order valence-corrected chi connectivity index (χ3v) is 3.25. The summed E-state index contributed by atoms with van der Waals surface area (Å²) in [6.45, 7) is 2.76. The molecule has 0 aliphatic carbocycles. The molecule has 1 aromatic carbocycles. The SMILES string of the molecule is CCCCCOc1c(Br)cc(/C=C/C(=O)[O-])cc1OC. The molecule has 1 rings (SSSR count). The molecule has 20 heavy (non-hydrogen) atoms. The van der Waals surface area contributed by atoms with Crippen LogP contribution in [-0.4, -0.2) is 19.7 Å². The molecule has 0 fully saturated rings. The van der Waals surface area contributed by atoms with Crippen molar-refractivity contribution in [2.75, 3.05) is 13.7 Å². The number of unbranched alkanes of at least 4 members (excludes halogenated alkanes) is 2. The first kappa shape index (κ1) is 16.6. The lowest BCUT2D eigenvalue weighted by Gasteiger charge is -2.13. The van der Waals surface area contributed by atoms with Crippen LogP contribution in [0, 0.1) is 0 Å². The molecule has 4 nitrogen and oxygen atoms in total. The normalized spacial score (nSPS) is 10.8. The van der Waals surface area contributed by atoms with Crippen molar-refractivity contribution in [1.29, 1.82) is 0 Å². The molecule has 0 saturated carbocycles. The number of halogens is 1. The van der Waals surface area contributed by atoms with Crippen LogP contribution in [0.4, 0.5) is 0 Å². The van der Waals surface area contributed by atoms with Crippen LogP contribution in [0.15, 0.2) is 22.7 Å². The van der Waals surface area contributed by atoms with Gasteiger partial charge in [0.05, 0.1) is 24.2 Å². The number of benzene rings is 1. The van der Waals surface area contributed by atoms with Gasteiger partial charge in [0.1, 0.15) is 0 Å². The van der Waals surface area contributed by atoms with Gasteiger partial charge in [0.15, 0.2) is 11.5 Å². The number of hydrogen-bond acceptors (Lipinski definition) is 4. The minimum absolute atomic E-state index is 0.564. The van der Waals surface area contributed by atoms with Crippen molar-refractivity contribution in [3.05, 3.63) is 28.2 Å². The third-order valence-electron chi connectivity index (χ3n) is 2.66. The van der Waals surface area contributed by atoms with E-state index in [-0.39, 0.29) is 0 Å². The third kappa shape index (κ3) is 5.25. The van der Waals surface area contributed by atoms with Crippen LogP contribution in [0.5, 0.6) is 11.5 Å². The number of aliphatic carboxylic acids is 1. The molecule has 0 spiro atoms. The van der Waals surface area contributed by atoms with Gasteiger partial charge in [0.2, 0.25) is 0 Å². The zero-order chi connectivity index (χ0) is 15.0. The molecule has 0 heterocycles. The monoisotopic (exact) mass is 341 g/mol. The number of rotatable bonds is 8. The van der Waals surface area contributed by atoms with E-state index in [1.54, 1.807) is 19.2 Å². The summed E-state index contributed by atoms with van der Waals surface area (Å²) in [6, 6.07) is 3.50. The van der Waals surface area contributed by atoms with Gasteiger partial charge in [0.25, 0.3) is 0 Å². The van der Waals surface area contributed by atoms with Gasteiger partial charge in [0, 0.05) is 0 Å². The van der Waals surface area contributed by atoms with Gasteiger partial charge >= 0.3 is 0 Å². The smallest absolute Gasteiger partial charge is 0.175 e. The minimum Gasteiger partial charge on any atom is -0.545 e. The van der Waals surface area contributed by atoms with E-state index >= 15 is 0 Å². The van der Waals surface area contributed by atoms with Gasteiger partial charge < -0.3 is 19.4 Å². The number of carbonyl (C=O) groups is 1. The fraction of sp³-hybridized carbons (Fsp3) is 0.400. The molecule has 0 atom stereocenters. The molecule has 0 radical (unpaired) electrons. The number of carboxylic acid groups (broad SMARTS) is 1. The molecule has 5 heteroatoms. The van der Waals surface area contributed by atoms with Crippen molar-refractivity contribution < 1.29 is 19.4 Å². The maximum Gasteiger partial charge on any atom is 0.175 e. The van der Waals surface area contributed by atoms with Gasteiger partial charge in [-0.2, -0.15) is 0 Å². The second-order valence-corrected chi connectivity index (χ2v) is 5.10.